The largest absolute Gasteiger partial charge is 0.460 e. The molecule has 116 valence electrons. The fourth-order valence-electron chi connectivity index (χ4n) is 3.38. The molecule has 2 aromatic carbocycles. The molecule has 1 fully saturated rings. The molecule has 1 saturated carbocycles. The summed E-state index contributed by atoms with van der Waals surface area (Å²) in [6, 6.07) is 19.3. The number of hydrogen-bond acceptors (Lipinski definition) is 3. The van der Waals surface area contributed by atoms with E-state index >= 15 is 0 Å². The second-order valence-electron chi connectivity index (χ2n) is 6.00. The molecule has 0 atom stereocenters. The number of benzene rings is 2. The topological polar surface area (TPSA) is 50.1 Å². The monoisotopic (exact) mass is 305 g/mol. The highest BCUT2D eigenvalue weighted by Crippen LogP contribution is 2.42. The molecule has 3 rings (SSSR count). The van der Waals surface area contributed by atoms with Crippen molar-refractivity contribution in [2.45, 2.75) is 37.7 Å². The molecule has 0 spiro atoms. The SMILES string of the molecule is N#Cc1ccccc1COC(=O)C1(c2ccccc2)CCCC1. The summed E-state index contributed by atoms with van der Waals surface area (Å²) < 4.78 is 5.62. The number of nitriles is 1. The average molecular weight is 305 g/mol. The third-order valence-electron chi connectivity index (χ3n) is 4.67. The number of carbonyl (C=O) groups excluding carboxylic acids is 1. The molecule has 3 nitrogen and oxygen atoms in total. The lowest BCUT2D eigenvalue weighted by Crippen LogP contribution is -2.34. The van der Waals surface area contributed by atoms with Gasteiger partial charge < -0.3 is 4.74 Å². The Balaban J connectivity index is 1.80. The van der Waals surface area contributed by atoms with Gasteiger partial charge in [0, 0.05) is 5.56 Å². The van der Waals surface area contributed by atoms with Crippen molar-refractivity contribution >= 4 is 5.97 Å². The zero-order valence-electron chi connectivity index (χ0n) is 13.0. The first-order valence-corrected chi connectivity index (χ1v) is 7.97. The molecule has 0 aliphatic heterocycles. The van der Waals surface area contributed by atoms with Crippen LogP contribution < -0.4 is 0 Å². The summed E-state index contributed by atoms with van der Waals surface area (Å²) in [6.07, 6.45) is 3.74. The van der Waals surface area contributed by atoms with E-state index in [1.165, 1.54) is 0 Å². The van der Waals surface area contributed by atoms with Crippen molar-refractivity contribution in [1.82, 2.24) is 0 Å². The van der Waals surface area contributed by atoms with E-state index in [1.54, 1.807) is 6.07 Å². The van der Waals surface area contributed by atoms with Crippen molar-refractivity contribution in [3.63, 3.8) is 0 Å². The Hall–Kier alpha value is -2.60. The molecule has 0 saturated heterocycles. The highest BCUT2D eigenvalue weighted by atomic mass is 16.5. The molecule has 0 N–H and O–H groups in total. The van der Waals surface area contributed by atoms with Gasteiger partial charge in [0.2, 0.25) is 0 Å². The summed E-state index contributed by atoms with van der Waals surface area (Å²) in [5, 5.41) is 9.13. The van der Waals surface area contributed by atoms with Gasteiger partial charge in [-0.15, -0.1) is 0 Å². The van der Waals surface area contributed by atoms with Crippen LogP contribution in [0.5, 0.6) is 0 Å². The molecule has 3 heteroatoms. The molecule has 0 amide bonds. The molecular weight excluding hydrogens is 286 g/mol. The zero-order chi connectivity index (χ0) is 16.1. The molecule has 23 heavy (non-hydrogen) atoms. The van der Waals surface area contributed by atoms with Crippen LogP contribution in [0.2, 0.25) is 0 Å². The van der Waals surface area contributed by atoms with Gasteiger partial charge in [0.05, 0.1) is 17.0 Å². The predicted molar refractivity (Wildman–Crippen MR) is 87.5 cm³/mol. The minimum atomic E-state index is -0.525. The fourth-order valence-corrected chi connectivity index (χ4v) is 3.38. The Labute approximate surface area is 136 Å². The average Bonchev–Trinajstić information content (AvgIpc) is 3.12. The highest BCUT2D eigenvalue weighted by molar-refractivity contribution is 5.83. The predicted octanol–water partition coefficient (Wildman–Crippen LogP) is 4.11. The van der Waals surface area contributed by atoms with Crippen LogP contribution in [0.25, 0.3) is 0 Å². The third-order valence-corrected chi connectivity index (χ3v) is 4.67. The minimum Gasteiger partial charge on any atom is -0.460 e. The van der Waals surface area contributed by atoms with Crippen molar-refractivity contribution in [3.05, 3.63) is 71.3 Å². The van der Waals surface area contributed by atoms with E-state index in [2.05, 4.69) is 6.07 Å². The van der Waals surface area contributed by atoms with Crippen molar-refractivity contribution in [3.8, 4) is 6.07 Å². The van der Waals surface area contributed by atoms with Crippen molar-refractivity contribution in [2.75, 3.05) is 0 Å². The van der Waals surface area contributed by atoms with Crippen LogP contribution in [-0.4, -0.2) is 5.97 Å². The van der Waals surface area contributed by atoms with Gasteiger partial charge in [-0.2, -0.15) is 5.26 Å². The maximum absolute atomic E-state index is 12.8. The lowest BCUT2D eigenvalue weighted by molar-refractivity contribution is -0.152. The minimum absolute atomic E-state index is 0.150. The van der Waals surface area contributed by atoms with Gasteiger partial charge in [-0.25, -0.2) is 0 Å². The number of rotatable bonds is 4. The number of nitrogens with zero attached hydrogens (tertiary/aromatic N) is 1. The van der Waals surface area contributed by atoms with Crippen LogP contribution >= 0.6 is 0 Å². The Morgan fingerprint density at radius 2 is 1.70 bits per heavy atom. The van der Waals surface area contributed by atoms with E-state index in [4.69, 9.17) is 10.00 Å². The molecule has 0 unspecified atom stereocenters. The molecule has 2 aromatic rings. The summed E-state index contributed by atoms with van der Waals surface area (Å²) >= 11 is 0. The molecule has 0 heterocycles. The first-order valence-electron chi connectivity index (χ1n) is 7.97. The Kier molecular flexibility index (Phi) is 4.43. The van der Waals surface area contributed by atoms with E-state index in [0.717, 1.165) is 36.8 Å². The van der Waals surface area contributed by atoms with Crippen LogP contribution in [0, 0.1) is 11.3 Å². The second kappa shape index (κ2) is 6.66. The van der Waals surface area contributed by atoms with Gasteiger partial charge >= 0.3 is 5.97 Å². The van der Waals surface area contributed by atoms with E-state index in [9.17, 15) is 4.79 Å². The van der Waals surface area contributed by atoms with E-state index < -0.39 is 5.41 Å². The molecule has 0 radical (unpaired) electrons. The zero-order valence-corrected chi connectivity index (χ0v) is 13.0. The lowest BCUT2D eigenvalue weighted by atomic mass is 9.79. The Bertz CT molecular complexity index is 725. The molecule has 1 aliphatic rings. The van der Waals surface area contributed by atoms with Gasteiger partial charge in [-0.1, -0.05) is 61.4 Å². The summed E-state index contributed by atoms with van der Waals surface area (Å²) in [4.78, 5) is 12.8. The fraction of sp³-hybridized carbons (Fsp3) is 0.300. The Morgan fingerprint density at radius 1 is 1.04 bits per heavy atom. The van der Waals surface area contributed by atoms with E-state index in [-0.39, 0.29) is 12.6 Å². The Morgan fingerprint density at radius 3 is 2.39 bits per heavy atom. The van der Waals surface area contributed by atoms with Gasteiger partial charge in [0.1, 0.15) is 6.61 Å². The molecular formula is C20H19NO2. The number of ether oxygens (including phenoxy) is 1. The van der Waals surface area contributed by atoms with Crippen LogP contribution in [0.3, 0.4) is 0 Å². The van der Waals surface area contributed by atoms with Crippen LogP contribution in [0.1, 0.15) is 42.4 Å². The highest BCUT2D eigenvalue weighted by Gasteiger charge is 2.44. The van der Waals surface area contributed by atoms with Crippen molar-refractivity contribution < 1.29 is 9.53 Å². The summed E-state index contributed by atoms with van der Waals surface area (Å²) in [7, 11) is 0. The summed E-state index contributed by atoms with van der Waals surface area (Å²) in [5.41, 5.74) is 1.82. The van der Waals surface area contributed by atoms with Gasteiger partial charge in [0.15, 0.2) is 0 Å². The maximum Gasteiger partial charge on any atom is 0.316 e. The standard InChI is InChI=1S/C20H19NO2/c21-14-16-8-4-5-9-17(16)15-23-19(22)20(12-6-7-13-20)18-10-2-1-3-11-18/h1-5,8-11H,6-7,12-13,15H2. The van der Waals surface area contributed by atoms with E-state index in [0.29, 0.717) is 5.56 Å². The summed E-state index contributed by atoms with van der Waals surface area (Å²) in [6.45, 7) is 0.150. The van der Waals surface area contributed by atoms with Gasteiger partial charge in [0.25, 0.3) is 0 Å². The maximum atomic E-state index is 12.8. The second-order valence-corrected chi connectivity index (χ2v) is 6.00. The molecule has 1 aliphatic carbocycles. The normalized spacial score (nSPS) is 15.8. The van der Waals surface area contributed by atoms with Gasteiger partial charge in [-0.05, 0) is 24.5 Å². The van der Waals surface area contributed by atoms with Crippen molar-refractivity contribution in [1.29, 1.82) is 5.26 Å². The summed E-state index contributed by atoms with van der Waals surface area (Å²) in [5.74, 6) is -0.172. The van der Waals surface area contributed by atoms with Gasteiger partial charge in [-0.3, -0.25) is 4.79 Å². The first-order chi connectivity index (χ1) is 11.3. The van der Waals surface area contributed by atoms with Crippen LogP contribution in [-0.2, 0) is 21.6 Å². The van der Waals surface area contributed by atoms with E-state index in [1.807, 2.05) is 48.5 Å². The smallest absolute Gasteiger partial charge is 0.316 e. The number of carbonyl (C=O) groups is 1. The number of esters is 1. The van der Waals surface area contributed by atoms with Crippen LogP contribution in [0.15, 0.2) is 54.6 Å². The molecule has 0 bridgehead atoms. The van der Waals surface area contributed by atoms with Crippen molar-refractivity contribution in [2.24, 2.45) is 0 Å². The quantitative estimate of drug-likeness (QED) is 0.799. The number of hydrogen-bond donors (Lipinski definition) is 0. The third kappa shape index (κ3) is 2.98. The van der Waals surface area contributed by atoms with Crippen LogP contribution in [0.4, 0.5) is 0 Å². The molecule has 0 aromatic heterocycles. The lowest BCUT2D eigenvalue weighted by Gasteiger charge is -2.27. The first kappa shape index (κ1) is 15.3.